The first kappa shape index (κ1) is 30.8. The summed E-state index contributed by atoms with van der Waals surface area (Å²) in [6.07, 6.45) is 1.09. The molecule has 1 unspecified atom stereocenters. The summed E-state index contributed by atoms with van der Waals surface area (Å²) in [5.74, 6) is 0.455. The summed E-state index contributed by atoms with van der Waals surface area (Å²) in [6, 6.07) is 6.08. The molecule has 3 aromatic rings. The highest BCUT2D eigenvalue weighted by Crippen LogP contribution is 2.46. The summed E-state index contributed by atoms with van der Waals surface area (Å²) in [6.45, 7) is 10.2. The normalized spacial score (nSPS) is 20.7. The molecule has 0 N–H and O–H groups in total. The molecule has 0 spiro atoms. The highest BCUT2D eigenvalue weighted by atomic mass is 35.5. The molecule has 1 fully saturated rings. The number of ether oxygens (including phenoxy) is 1. The van der Waals surface area contributed by atoms with E-state index in [1.54, 1.807) is 33.4 Å². The molecule has 8 nitrogen and oxygen atoms in total. The predicted octanol–water partition coefficient (Wildman–Crippen LogP) is 5.17. The number of piperazine rings is 1. The van der Waals surface area contributed by atoms with Gasteiger partial charge in [-0.1, -0.05) is 35.8 Å². The Morgan fingerprint density at radius 1 is 1.19 bits per heavy atom. The van der Waals surface area contributed by atoms with Crippen molar-refractivity contribution in [2.45, 2.75) is 43.5 Å². The number of likely N-dealkylation sites (N-methyl/N-ethyl adjacent to an activating group) is 1. The third-order valence-corrected chi connectivity index (χ3v) is 9.51. The number of benzene rings is 2. The standard InChI is InChI=1S/C30H34Cl2FN5O3S/c1-6-25(39)38-17(2)13-36(14-18(38)3)29-21-12-23(32)26(19-7-8-24(33)22(31)11-19)28-27(21)37(30(40)34-29)15-20(16-42-28)41-10-9-35(4)5/h6-8,11-12,17-18,20H,1,9-10,13-16H2,2-5H3/t17-,18+,20?. The van der Waals surface area contributed by atoms with Gasteiger partial charge in [-0.3, -0.25) is 9.36 Å². The molecule has 1 saturated heterocycles. The van der Waals surface area contributed by atoms with Gasteiger partial charge < -0.3 is 19.4 Å². The van der Waals surface area contributed by atoms with Crippen LogP contribution in [0.4, 0.5) is 10.2 Å². The molecule has 12 heteroatoms. The van der Waals surface area contributed by atoms with E-state index in [1.165, 1.54) is 12.1 Å². The third-order valence-electron chi connectivity index (χ3n) is 7.70. The number of halogens is 3. The number of hydrogen-bond donors (Lipinski definition) is 0. The molecule has 42 heavy (non-hydrogen) atoms. The van der Waals surface area contributed by atoms with Crippen LogP contribution in [0.5, 0.6) is 0 Å². The zero-order valence-electron chi connectivity index (χ0n) is 24.1. The maximum absolute atomic E-state index is 14.1. The molecule has 0 bridgehead atoms. The number of nitrogens with zero attached hydrogens (tertiary/aromatic N) is 5. The van der Waals surface area contributed by atoms with Crippen LogP contribution in [0.2, 0.25) is 10.0 Å². The van der Waals surface area contributed by atoms with E-state index in [4.69, 9.17) is 27.9 Å². The Labute approximate surface area is 259 Å². The first-order valence-electron chi connectivity index (χ1n) is 13.8. The van der Waals surface area contributed by atoms with Gasteiger partial charge >= 0.3 is 5.69 Å². The third kappa shape index (κ3) is 5.92. The van der Waals surface area contributed by atoms with Crippen molar-refractivity contribution in [3.63, 3.8) is 0 Å². The molecule has 1 aromatic heterocycles. The first-order valence-corrected chi connectivity index (χ1v) is 15.6. The fraction of sp³-hybridized carbons (Fsp3) is 0.433. The molecule has 1 amide bonds. The lowest BCUT2D eigenvalue weighted by Gasteiger charge is -2.44. The van der Waals surface area contributed by atoms with Gasteiger partial charge in [-0.15, -0.1) is 11.8 Å². The SMILES string of the molecule is C=CC(=O)N1[C@H](C)CN(c2nc(=O)n3c4c(c(-c5ccc(F)c(Cl)c5)c(Cl)cc24)SCC(OCCN(C)C)C3)C[C@@H]1C. The van der Waals surface area contributed by atoms with E-state index in [0.717, 1.165) is 16.8 Å². The van der Waals surface area contributed by atoms with Gasteiger partial charge in [-0.2, -0.15) is 4.98 Å². The fourth-order valence-corrected chi connectivity index (χ4v) is 7.64. The molecule has 3 heterocycles. The highest BCUT2D eigenvalue weighted by Gasteiger charge is 2.35. The van der Waals surface area contributed by atoms with E-state index < -0.39 is 11.5 Å². The topological polar surface area (TPSA) is 70.9 Å². The summed E-state index contributed by atoms with van der Waals surface area (Å²) < 4.78 is 22.0. The van der Waals surface area contributed by atoms with Crippen LogP contribution in [-0.2, 0) is 16.1 Å². The number of thioether (sulfide) groups is 1. The summed E-state index contributed by atoms with van der Waals surface area (Å²) >= 11 is 14.7. The number of amides is 1. The molecule has 5 rings (SSSR count). The Kier molecular flexibility index (Phi) is 9.20. The molecule has 224 valence electrons. The lowest BCUT2D eigenvalue weighted by molar-refractivity contribution is -0.130. The van der Waals surface area contributed by atoms with Crippen molar-refractivity contribution in [3.8, 4) is 11.1 Å². The van der Waals surface area contributed by atoms with Crippen LogP contribution in [-0.4, -0.2) is 89.5 Å². The van der Waals surface area contributed by atoms with Crippen molar-refractivity contribution in [3.05, 3.63) is 63.3 Å². The average molecular weight is 635 g/mol. The van der Waals surface area contributed by atoms with Gasteiger partial charge in [0, 0.05) is 53.3 Å². The summed E-state index contributed by atoms with van der Waals surface area (Å²) in [7, 11) is 3.96. The number of carbonyl (C=O) groups is 1. The summed E-state index contributed by atoms with van der Waals surface area (Å²) in [5, 5.41) is 1.16. The second kappa shape index (κ2) is 12.5. The Morgan fingerprint density at radius 2 is 1.90 bits per heavy atom. The molecular weight excluding hydrogens is 600 g/mol. The van der Waals surface area contributed by atoms with Crippen LogP contribution in [0, 0.1) is 5.82 Å². The van der Waals surface area contributed by atoms with Crippen LogP contribution >= 0.6 is 35.0 Å². The van der Waals surface area contributed by atoms with Gasteiger partial charge in [0.2, 0.25) is 5.91 Å². The van der Waals surface area contributed by atoms with Crippen LogP contribution in [0.3, 0.4) is 0 Å². The number of carbonyl (C=O) groups excluding carboxylic acids is 1. The molecule has 0 radical (unpaired) electrons. The van der Waals surface area contributed by atoms with Crippen LogP contribution in [0.15, 0.2) is 46.6 Å². The molecule has 0 aliphatic carbocycles. The van der Waals surface area contributed by atoms with E-state index in [1.807, 2.05) is 38.9 Å². The quantitative estimate of drug-likeness (QED) is 0.332. The van der Waals surface area contributed by atoms with E-state index in [9.17, 15) is 14.0 Å². The smallest absolute Gasteiger partial charge is 0.350 e. The van der Waals surface area contributed by atoms with Crippen molar-refractivity contribution in [1.82, 2.24) is 19.4 Å². The van der Waals surface area contributed by atoms with E-state index in [-0.39, 0.29) is 29.1 Å². The van der Waals surface area contributed by atoms with Crippen molar-refractivity contribution in [2.24, 2.45) is 0 Å². The second-order valence-corrected chi connectivity index (χ2v) is 12.9. The average Bonchev–Trinajstić information content (AvgIpc) is 3.12. The van der Waals surface area contributed by atoms with Gasteiger partial charge in [0.15, 0.2) is 0 Å². The maximum Gasteiger partial charge on any atom is 0.350 e. The zero-order chi connectivity index (χ0) is 30.3. The van der Waals surface area contributed by atoms with Crippen molar-refractivity contribution < 1.29 is 13.9 Å². The Bertz CT molecular complexity index is 1590. The highest BCUT2D eigenvalue weighted by molar-refractivity contribution is 7.99. The maximum atomic E-state index is 14.1. The molecule has 2 aliphatic rings. The number of aromatic nitrogens is 2. The number of rotatable bonds is 7. The molecule has 2 aliphatic heterocycles. The van der Waals surface area contributed by atoms with Crippen LogP contribution in [0.1, 0.15) is 13.8 Å². The van der Waals surface area contributed by atoms with E-state index in [0.29, 0.717) is 59.5 Å². The fourth-order valence-electron chi connectivity index (χ4n) is 5.80. The minimum Gasteiger partial charge on any atom is -0.374 e. The molecule has 0 saturated carbocycles. The zero-order valence-corrected chi connectivity index (χ0v) is 26.4. The summed E-state index contributed by atoms with van der Waals surface area (Å²) in [5.41, 5.74) is 1.65. The van der Waals surface area contributed by atoms with Crippen molar-refractivity contribution in [2.75, 3.05) is 51.0 Å². The minimum atomic E-state index is -0.522. The minimum absolute atomic E-state index is 0.0119. The molecule has 3 atom stereocenters. The van der Waals surface area contributed by atoms with Gasteiger partial charge in [-0.25, -0.2) is 9.18 Å². The first-order chi connectivity index (χ1) is 20.0. The van der Waals surface area contributed by atoms with Gasteiger partial charge in [-0.05, 0) is 57.8 Å². The lowest BCUT2D eigenvalue weighted by Crippen LogP contribution is -2.58. The summed E-state index contributed by atoms with van der Waals surface area (Å²) in [4.78, 5) is 37.6. The van der Waals surface area contributed by atoms with Crippen molar-refractivity contribution >= 4 is 57.6 Å². The number of anilines is 1. The predicted molar refractivity (Wildman–Crippen MR) is 169 cm³/mol. The van der Waals surface area contributed by atoms with Crippen molar-refractivity contribution in [1.29, 1.82) is 0 Å². The van der Waals surface area contributed by atoms with Crippen LogP contribution in [0.25, 0.3) is 22.0 Å². The molecular formula is C30H34Cl2FN5O3S. The molecule has 2 aromatic carbocycles. The number of hydrogen-bond acceptors (Lipinski definition) is 7. The van der Waals surface area contributed by atoms with Gasteiger partial charge in [0.1, 0.15) is 11.6 Å². The lowest BCUT2D eigenvalue weighted by atomic mass is 10.0. The van der Waals surface area contributed by atoms with Gasteiger partial charge in [0.25, 0.3) is 0 Å². The Balaban J connectivity index is 1.67. The van der Waals surface area contributed by atoms with Gasteiger partial charge in [0.05, 0.1) is 34.8 Å². The largest absolute Gasteiger partial charge is 0.374 e. The Morgan fingerprint density at radius 3 is 2.55 bits per heavy atom. The van der Waals surface area contributed by atoms with E-state index >= 15 is 0 Å². The Hall–Kier alpha value is -2.63. The monoisotopic (exact) mass is 633 g/mol. The second-order valence-electron chi connectivity index (χ2n) is 11.1. The van der Waals surface area contributed by atoms with E-state index in [2.05, 4.69) is 16.5 Å². The van der Waals surface area contributed by atoms with Crippen LogP contribution < -0.4 is 10.6 Å².